The zero-order valence-electron chi connectivity index (χ0n) is 17.4. The van der Waals surface area contributed by atoms with Crippen LogP contribution in [0.3, 0.4) is 0 Å². The molecule has 6 heteroatoms. The van der Waals surface area contributed by atoms with Gasteiger partial charge in [-0.1, -0.05) is 48.8 Å². The molecule has 0 atom stereocenters. The number of benzene rings is 1. The molecule has 3 rings (SSSR count). The van der Waals surface area contributed by atoms with Crippen LogP contribution in [-0.4, -0.2) is 40.6 Å². The lowest BCUT2D eigenvalue weighted by molar-refractivity contribution is -0.138. The molecule has 1 aliphatic rings. The van der Waals surface area contributed by atoms with Crippen LogP contribution >= 0.6 is 11.3 Å². The van der Waals surface area contributed by atoms with Crippen molar-refractivity contribution >= 4 is 43.9 Å². The van der Waals surface area contributed by atoms with E-state index in [1.807, 2.05) is 6.92 Å². The summed E-state index contributed by atoms with van der Waals surface area (Å²) in [5.41, 5.74) is 4.78. The molecule has 29 heavy (non-hydrogen) atoms. The molecule has 0 bridgehead atoms. The van der Waals surface area contributed by atoms with E-state index in [1.165, 1.54) is 28.8 Å². The minimum atomic E-state index is -0.354. The third kappa shape index (κ3) is 5.39. The predicted molar refractivity (Wildman–Crippen MR) is 126 cm³/mol. The number of ether oxygens (including phenoxy) is 1. The van der Waals surface area contributed by atoms with Gasteiger partial charge in [-0.15, -0.1) is 11.3 Å². The lowest BCUT2D eigenvalue weighted by atomic mass is 10.0. The Labute approximate surface area is 179 Å². The molecule has 1 aromatic carbocycles. The van der Waals surface area contributed by atoms with E-state index in [9.17, 15) is 4.79 Å². The van der Waals surface area contributed by atoms with E-state index < -0.39 is 0 Å². The van der Waals surface area contributed by atoms with Gasteiger partial charge in [-0.2, -0.15) is 0 Å². The van der Waals surface area contributed by atoms with E-state index in [0.29, 0.717) is 25.3 Å². The third-order valence-corrected chi connectivity index (χ3v) is 7.87. The monoisotopic (exact) mass is 424 g/mol. The molecule has 0 amide bonds. The van der Waals surface area contributed by atoms with Gasteiger partial charge in [-0.3, -0.25) is 9.98 Å². The van der Waals surface area contributed by atoms with Gasteiger partial charge < -0.3 is 4.74 Å². The summed E-state index contributed by atoms with van der Waals surface area (Å²) in [5, 5.41) is 3.56. The first kappa shape index (κ1) is 21.4. The SMILES string of the molecule is CCC[SiH2]c1ccc(C)c(/C(=N\CC2=C(C(=O)OCC)N=CC2)c2cccs2)c1. The Balaban J connectivity index is 1.95. The molecule has 4 nitrogen and oxygen atoms in total. The van der Waals surface area contributed by atoms with Crippen LogP contribution in [0.4, 0.5) is 0 Å². The lowest BCUT2D eigenvalue weighted by Gasteiger charge is -2.12. The molecule has 0 spiro atoms. The average molecular weight is 425 g/mol. The van der Waals surface area contributed by atoms with Crippen LogP contribution in [0.5, 0.6) is 0 Å². The van der Waals surface area contributed by atoms with E-state index >= 15 is 0 Å². The molecule has 1 aliphatic heterocycles. The Morgan fingerprint density at radius 3 is 2.90 bits per heavy atom. The van der Waals surface area contributed by atoms with Crippen LogP contribution in [0.1, 0.15) is 42.7 Å². The summed E-state index contributed by atoms with van der Waals surface area (Å²) >= 11 is 1.70. The van der Waals surface area contributed by atoms with Crippen molar-refractivity contribution in [3.63, 3.8) is 0 Å². The molecule has 0 fully saturated rings. The summed E-state index contributed by atoms with van der Waals surface area (Å²) in [6.07, 6.45) is 3.66. The Kier molecular flexibility index (Phi) is 7.72. The van der Waals surface area contributed by atoms with E-state index in [0.717, 1.165) is 16.2 Å². The molecular formula is C23H28N2O2SSi. The minimum Gasteiger partial charge on any atom is -0.461 e. The first-order chi connectivity index (χ1) is 14.1. The van der Waals surface area contributed by atoms with Crippen LogP contribution < -0.4 is 5.19 Å². The lowest BCUT2D eigenvalue weighted by Crippen LogP contribution is -2.17. The van der Waals surface area contributed by atoms with Crippen LogP contribution in [0.25, 0.3) is 0 Å². The predicted octanol–water partition coefficient (Wildman–Crippen LogP) is 3.81. The van der Waals surface area contributed by atoms with Crippen molar-refractivity contribution in [2.45, 2.75) is 39.7 Å². The van der Waals surface area contributed by atoms with Crippen LogP contribution in [0.15, 0.2) is 57.0 Å². The molecule has 1 aromatic heterocycles. The number of thiophene rings is 1. The van der Waals surface area contributed by atoms with Crippen LogP contribution in [0.2, 0.25) is 6.04 Å². The maximum absolute atomic E-state index is 12.2. The largest absolute Gasteiger partial charge is 0.461 e. The Morgan fingerprint density at radius 1 is 1.31 bits per heavy atom. The van der Waals surface area contributed by atoms with Gasteiger partial charge in [-0.25, -0.2) is 4.79 Å². The number of rotatable bonds is 9. The molecule has 0 unspecified atom stereocenters. The van der Waals surface area contributed by atoms with Gasteiger partial charge in [0, 0.05) is 18.2 Å². The number of hydrogen-bond acceptors (Lipinski definition) is 5. The molecule has 2 heterocycles. The fourth-order valence-electron chi connectivity index (χ4n) is 3.32. The van der Waals surface area contributed by atoms with Gasteiger partial charge in [0.2, 0.25) is 0 Å². The van der Waals surface area contributed by atoms with E-state index in [1.54, 1.807) is 17.6 Å². The van der Waals surface area contributed by atoms with E-state index in [4.69, 9.17) is 9.73 Å². The fraction of sp³-hybridized carbons (Fsp3) is 0.348. The Morgan fingerprint density at radius 2 is 2.17 bits per heavy atom. The van der Waals surface area contributed by atoms with E-state index in [-0.39, 0.29) is 15.5 Å². The number of aliphatic imine (C=N–C) groups is 2. The van der Waals surface area contributed by atoms with Crippen molar-refractivity contribution in [3.8, 4) is 0 Å². The topological polar surface area (TPSA) is 51.0 Å². The Hall–Kier alpha value is -2.31. The second-order valence-corrected chi connectivity index (χ2v) is 10.1. The normalized spacial score (nSPS) is 14.4. The smallest absolute Gasteiger partial charge is 0.356 e. The first-order valence-electron chi connectivity index (χ1n) is 10.2. The van der Waals surface area contributed by atoms with Gasteiger partial charge >= 0.3 is 5.97 Å². The van der Waals surface area contributed by atoms with Gasteiger partial charge in [0.1, 0.15) is 5.70 Å². The van der Waals surface area contributed by atoms with Gasteiger partial charge in [0.05, 0.1) is 33.3 Å². The molecule has 0 radical (unpaired) electrons. The van der Waals surface area contributed by atoms with Crippen molar-refractivity contribution in [2.24, 2.45) is 9.98 Å². The summed E-state index contributed by atoms with van der Waals surface area (Å²) in [6.45, 7) is 7.01. The molecule has 0 saturated heterocycles. The second-order valence-electron chi connectivity index (χ2n) is 7.08. The highest BCUT2D eigenvalue weighted by Crippen LogP contribution is 2.22. The molecule has 152 valence electrons. The van der Waals surface area contributed by atoms with Crippen molar-refractivity contribution in [1.82, 2.24) is 0 Å². The Bertz CT molecular complexity index is 946. The van der Waals surface area contributed by atoms with Crippen molar-refractivity contribution in [3.05, 3.63) is 63.0 Å². The highest BCUT2D eigenvalue weighted by atomic mass is 32.1. The molecule has 0 aliphatic carbocycles. The zero-order valence-corrected chi connectivity index (χ0v) is 19.6. The molecule has 0 saturated carbocycles. The van der Waals surface area contributed by atoms with Gasteiger partial charge in [0.15, 0.2) is 0 Å². The van der Waals surface area contributed by atoms with Gasteiger partial charge in [0.25, 0.3) is 0 Å². The van der Waals surface area contributed by atoms with E-state index in [2.05, 4.69) is 54.6 Å². The quantitative estimate of drug-likeness (QED) is 0.349. The number of hydrogen-bond donors (Lipinski definition) is 0. The summed E-state index contributed by atoms with van der Waals surface area (Å²) in [7, 11) is -0.243. The zero-order chi connectivity index (χ0) is 20.6. The molecule has 0 N–H and O–H groups in total. The minimum absolute atomic E-state index is 0.243. The van der Waals surface area contributed by atoms with Crippen LogP contribution in [0, 0.1) is 6.92 Å². The van der Waals surface area contributed by atoms with Crippen molar-refractivity contribution < 1.29 is 9.53 Å². The second kappa shape index (κ2) is 10.5. The van der Waals surface area contributed by atoms with Crippen molar-refractivity contribution in [1.29, 1.82) is 0 Å². The number of esters is 1. The van der Waals surface area contributed by atoms with Crippen LogP contribution in [-0.2, 0) is 9.53 Å². The maximum Gasteiger partial charge on any atom is 0.356 e. The highest BCUT2D eigenvalue weighted by Gasteiger charge is 2.20. The maximum atomic E-state index is 12.2. The molecular weight excluding hydrogens is 396 g/mol. The molecule has 2 aromatic rings. The third-order valence-electron chi connectivity index (χ3n) is 4.92. The fourth-order valence-corrected chi connectivity index (χ4v) is 5.46. The van der Waals surface area contributed by atoms with Gasteiger partial charge in [-0.05, 0) is 36.4 Å². The number of carbonyl (C=O) groups is 1. The summed E-state index contributed by atoms with van der Waals surface area (Å²) < 4.78 is 5.14. The summed E-state index contributed by atoms with van der Waals surface area (Å²) in [4.78, 5) is 22.5. The summed E-state index contributed by atoms with van der Waals surface area (Å²) in [6, 6.07) is 12.3. The summed E-state index contributed by atoms with van der Waals surface area (Å²) in [5.74, 6) is -0.354. The number of carbonyl (C=O) groups excluding carboxylic acids is 1. The first-order valence-corrected chi connectivity index (χ1v) is 12.8. The number of aryl methyl sites for hydroxylation is 1. The highest BCUT2D eigenvalue weighted by molar-refractivity contribution is 7.12. The standard InChI is InChI=1S/C23H28N2O2SSi/c1-4-13-29-18-9-8-16(3)19(14-18)22(20-7-6-12-28-20)25-15-17-10-11-24-21(17)23(26)27-5-2/h6-9,11-12,14H,4-5,10,13,15,29H2,1-3H3/b25-22+. The number of nitrogens with zero attached hydrogens (tertiary/aromatic N) is 2. The van der Waals surface area contributed by atoms with Crippen molar-refractivity contribution in [2.75, 3.05) is 13.2 Å². The average Bonchev–Trinajstić information content (AvgIpc) is 3.41.